The molecule has 0 radical (unpaired) electrons. The molecule has 124 valence electrons. The first-order chi connectivity index (χ1) is 11.8. The predicted octanol–water partition coefficient (Wildman–Crippen LogP) is 5.38. The van der Waals surface area contributed by atoms with Crippen LogP contribution < -0.4 is 5.32 Å². The quantitative estimate of drug-likeness (QED) is 0.588. The van der Waals surface area contributed by atoms with Crippen molar-refractivity contribution in [1.82, 2.24) is 5.32 Å². The maximum atomic E-state index is 3.77. The highest BCUT2D eigenvalue weighted by Crippen LogP contribution is 2.17. The Kier molecular flexibility index (Phi) is 6.03. The molecule has 1 unspecified atom stereocenters. The number of benzene rings is 3. The van der Waals surface area contributed by atoms with Crippen LogP contribution in [-0.4, -0.2) is 12.6 Å². The highest BCUT2D eigenvalue weighted by atomic mass is 14.9. The Balaban J connectivity index is 1.59. The van der Waals surface area contributed by atoms with Gasteiger partial charge in [-0.3, -0.25) is 0 Å². The Morgan fingerprint density at radius 2 is 1.54 bits per heavy atom. The fourth-order valence-electron chi connectivity index (χ4n) is 3.34. The van der Waals surface area contributed by atoms with Gasteiger partial charge in [0.2, 0.25) is 0 Å². The number of hydrogen-bond acceptors (Lipinski definition) is 1. The largest absolute Gasteiger partial charge is 0.313 e. The molecule has 3 aromatic rings. The average Bonchev–Trinajstić information content (AvgIpc) is 2.63. The van der Waals surface area contributed by atoms with E-state index in [0.29, 0.717) is 6.04 Å². The molecule has 3 rings (SSSR count). The fourth-order valence-corrected chi connectivity index (χ4v) is 3.34. The van der Waals surface area contributed by atoms with E-state index < -0.39 is 0 Å². The third kappa shape index (κ3) is 4.69. The maximum Gasteiger partial charge on any atom is 0.0107 e. The van der Waals surface area contributed by atoms with Gasteiger partial charge in [-0.1, -0.05) is 86.1 Å². The molecule has 1 nitrogen and oxygen atoms in total. The van der Waals surface area contributed by atoms with E-state index in [4.69, 9.17) is 0 Å². The summed E-state index contributed by atoms with van der Waals surface area (Å²) in [6, 6.07) is 26.8. The third-order valence-electron chi connectivity index (χ3n) is 4.62. The van der Waals surface area contributed by atoms with Gasteiger partial charge in [0.05, 0.1) is 0 Å². The van der Waals surface area contributed by atoms with Gasteiger partial charge in [-0.05, 0) is 47.7 Å². The molecule has 0 saturated carbocycles. The molecule has 0 aliphatic carbocycles. The van der Waals surface area contributed by atoms with Crippen molar-refractivity contribution in [2.75, 3.05) is 6.54 Å². The lowest BCUT2D eigenvalue weighted by Crippen LogP contribution is -2.32. The molecule has 0 spiro atoms. The lowest BCUT2D eigenvalue weighted by molar-refractivity contribution is 0.476. The second-order valence-corrected chi connectivity index (χ2v) is 6.56. The Labute approximate surface area is 145 Å². The van der Waals surface area contributed by atoms with E-state index in [2.05, 4.69) is 85.0 Å². The summed E-state index contributed by atoms with van der Waals surface area (Å²) in [5.41, 5.74) is 2.84. The molecule has 24 heavy (non-hydrogen) atoms. The minimum atomic E-state index is 0.555. The summed E-state index contributed by atoms with van der Waals surface area (Å²) in [6.45, 7) is 3.31. The smallest absolute Gasteiger partial charge is 0.0107 e. The third-order valence-corrected chi connectivity index (χ3v) is 4.62. The Morgan fingerprint density at radius 3 is 2.33 bits per heavy atom. The summed E-state index contributed by atoms with van der Waals surface area (Å²) < 4.78 is 0. The van der Waals surface area contributed by atoms with E-state index in [0.717, 1.165) is 19.4 Å². The highest BCUT2D eigenvalue weighted by molar-refractivity contribution is 5.82. The lowest BCUT2D eigenvalue weighted by atomic mass is 9.99. The molecule has 0 amide bonds. The monoisotopic (exact) mass is 317 g/mol. The zero-order chi connectivity index (χ0) is 16.6. The number of nitrogens with one attached hydrogen (secondary N) is 1. The lowest BCUT2D eigenvalue weighted by Gasteiger charge is -2.18. The van der Waals surface area contributed by atoms with Crippen LogP contribution in [0, 0.1) is 0 Å². The standard InChI is InChI=1S/C23H27N/c1-2-8-23(24-16-15-19-9-4-3-5-10-19)18-20-13-14-21-11-6-7-12-22(21)17-20/h3-7,9-14,17,23-24H,2,8,15-16,18H2,1H3. The SMILES string of the molecule is CCCC(Cc1ccc2ccccc2c1)NCCc1ccccc1. The summed E-state index contributed by atoms with van der Waals surface area (Å²) in [5.74, 6) is 0. The van der Waals surface area contributed by atoms with Gasteiger partial charge in [0.25, 0.3) is 0 Å². The molecule has 0 saturated heterocycles. The average molecular weight is 317 g/mol. The fraction of sp³-hybridized carbons (Fsp3) is 0.304. The van der Waals surface area contributed by atoms with Crippen LogP contribution in [0.1, 0.15) is 30.9 Å². The van der Waals surface area contributed by atoms with Crippen LogP contribution >= 0.6 is 0 Å². The molecular weight excluding hydrogens is 290 g/mol. The maximum absolute atomic E-state index is 3.77. The number of rotatable bonds is 8. The topological polar surface area (TPSA) is 12.0 Å². The van der Waals surface area contributed by atoms with Crippen molar-refractivity contribution in [3.63, 3.8) is 0 Å². The zero-order valence-corrected chi connectivity index (χ0v) is 14.5. The molecule has 1 heteroatoms. The van der Waals surface area contributed by atoms with Gasteiger partial charge < -0.3 is 5.32 Å². The van der Waals surface area contributed by atoms with Crippen molar-refractivity contribution in [1.29, 1.82) is 0 Å². The van der Waals surface area contributed by atoms with Gasteiger partial charge in [0, 0.05) is 6.04 Å². The Hall–Kier alpha value is -2.12. The van der Waals surface area contributed by atoms with E-state index in [1.165, 1.54) is 34.7 Å². The summed E-state index contributed by atoms with van der Waals surface area (Å²) in [6.07, 6.45) is 4.64. The van der Waals surface area contributed by atoms with E-state index in [1.54, 1.807) is 0 Å². The van der Waals surface area contributed by atoms with Gasteiger partial charge in [0.15, 0.2) is 0 Å². The minimum absolute atomic E-state index is 0.555. The first kappa shape index (κ1) is 16.7. The van der Waals surface area contributed by atoms with Gasteiger partial charge in [0.1, 0.15) is 0 Å². The van der Waals surface area contributed by atoms with Crippen LogP contribution in [0.5, 0.6) is 0 Å². The van der Waals surface area contributed by atoms with Crippen molar-refractivity contribution < 1.29 is 0 Å². The molecule has 0 fully saturated rings. The van der Waals surface area contributed by atoms with Crippen molar-refractivity contribution in [3.8, 4) is 0 Å². The molecule has 0 aromatic heterocycles. The number of hydrogen-bond donors (Lipinski definition) is 1. The van der Waals surface area contributed by atoms with Crippen molar-refractivity contribution in [2.24, 2.45) is 0 Å². The van der Waals surface area contributed by atoms with Gasteiger partial charge in [-0.2, -0.15) is 0 Å². The first-order valence-corrected chi connectivity index (χ1v) is 9.10. The van der Waals surface area contributed by atoms with E-state index in [1.807, 2.05) is 0 Å². The normalized spacial score (nSPS) is 12.4. The molecule has 1 N–H and O–H groups in total. The molecule has 3 aromatic carbocycles. The Bertz CT molecular complexity index is 748. The zero-order valence-electron chi connectivity index (χ0n) is 14.5. The summed E-state index contributed by atoms with van der Waals surface area (Å²) in [4.78, 5) is 0. The predicted molar refractivity (Wildman–Crippen MR) is 104 cm³/mol. The second kappa shape index (κ2) is 8.65. The van der Waals surface area contributed by atoms with Gasteiger partial charge >= 0.3 is 0 Å². The van der Waals surface area contributed by atoms with Crippen LogP contribution in [0.4, 0.5) is 0 Å². The van der Waals surface area contributed by atoms with E-state index >= 15 is 0 Å². The van der Waals surface area contributed by atoms with Gasteiger partial charge in [-0.25, -0.2) is 0 Å². The van der Waals surface area contributed by atoms with Crippen LogP contribution in [0.3, 0.4) is 0 Å². The molecule has 1 atom stereocenters. The number of fused-ring (bicyclic) bond motifs is 1. The molecule has 0 heterocycles. The molecular formula is C23H27N. The summed E-state index contributed by atoms with van der Waals surface area (Å²) in [5, 5.41) is 6.43. The molecule has 0 aliphatic heterocycles. The first-order valence-electron chi connectivity index (χ1n) is 9.10. The van der Waals surface area contributed by atoms with Crippen LogP contribution in [0.2, 0.25) is 0 Å². The Morgan fingerprint density at radius 1 is 0.792 bits per heavy atom. The van der Waals surface area contributed by atoms with Crippen molar-refractivity contribution in [2.45, 2.75) is 38.6 Å². The van der Waals surface area contributed by atoms with Crippen molar-refractivity contribution in [3.05, 3.63) is 83.9 Å². The molecule has 0 bridgehead atoms. The van der Waals surface area contributed by atoms with Gasteiger partial charge in [-0.15, -0.1) is 0 Å². The highest BCUT2D eigenvalue weighted by Gasteiger charge is 2.08. The van der Waals surface area contributed by atoms with Crippen LogP contribution in [-0.2, 0) is 12.8 Å². The second-order valence-electron chi connectivity index (χ2n) is 6.56. The van der Waals surface area contributed by atoms with Crippen molar-refractivity contribution >= 4 is 10.8 Å². The minimum Gasteiger partial charge on any atom is -0.313 e. The van der Waals surface area contributed by atoms with E-state index in [9.17, 15) is 0 Å². The molecule has 0 aliphatic rings. The summed E-state index contributed by atoms with van der Waals surface area (Å²) in [7, 11) is 0. The van der Waals surface area contributed by atoms with Crippen LogP contribution in [0.25, 0.3) is 10.8 Å². The van der Waals surface area contributed by atoms with Crippen LogP contribution in [0.15, 0.2) is 72.8 Å². The van der Waals surface area contributed by atoms with E-state index in [-0.39, 0.29) is 0 Å². The summed E-state index contributed by atoms with van der Waals surface area (Å²) >= 11 is 0.